The Hall–Kier alpha value is -2.86. The van der Waals surface area contributed by atoms with Crippen molar-refractivity contribution in [3.05, 3.63) is 57.6 Å². The van der Waals surface area contributed by atoms with E-state index in [1.165, 1.54) is 0 Å². The summed E-state index contributed by atoms with van der Waals surface area (Å²) in [6.45, 7) is 7.97. The van der Waals surface area contributed by atoms with Gasteiger partial charge in [0.2, 0.25) is 11.8 Å². The number of hydrazone groups is 1. The minimum atomic E-state index is -0.507. The van der Waals surface area contributed by atoms with E-state index in [2.05, 4.69) is 29.7 Å². The van der Waals surface area contributed by atoms with Gasteiger partial charge in [-0.3, -0.25) is 9.59 Å². The summed E-state index contributed by atoms with van der Waals surface area (Å²) < 4.78 is 5.42. The van der Waals surface area contributed by atoms with Crippen molar-refractivity contribution in [2.24, 2.45) is 5.10 Å². The van der Waals surface area contributed by atoms with Crippen molar-refractivity contribution in [2.45, 2.75) is 40.0 Å². The van der Waals surface area contributed by atoms with E-state index in [9.17, 15) is 9.59 Å². The van der Waals surface area contributed by atoms with Crippen molar-refractivity contribution in [3.8, 4) is 5.75 Å². The molecule has 0 aliphatic rings. The third kappa shape index (κ3) is 6.32. The van der Waals surface area contributed by atoms with Crippen LogP contribution in [0.2, 0.25) is 5.02 Å². The summed E-state index contributed by atoms with van der Waals surface area (Å²) in [5.41, 5.74) is 6.73. The Bertz CT molecular complexity index is 939. The first-order valence-corrected chi connectivity index (χ1v) is 9.65. The van der Waals surface area contributed by atoms with Gasteiger partial charge in [0.15, 0.2) is 0 Å². The maximum absolute atomic E-state index is 12.0. The van der Waals surface area contributed by atoms with Crippen LogP contribution in [0.1, 0.15) is 48.4 Å². The summed E-state index contributed by atoms with van der Waals surface area (Å²) in [7, 11) is 1.64. The second-order valence-corrected chi connectivity index (χ2v) is 7.49. The molecule has 0 aliphatic carbocycles. The maximum Gasteiger partial charge on any atom is 0.249 e. The lowest BCUT2D eigenvalue weighted by molar-refractivity contribution is -0.126. The van der Waals surface area contributed by atoms with Gasteiger partial charge < -0.3 is 10.1 Å². The monoisotopic (exact) mass is 415 g/mol. The molecule has 2 aromatic carbocycles. The van der Waals surface area contributed by atoms with Crippen LogP contribution in [-0.4, -0.2) is 25.1 Å². The number of hydrogen-bond donors (Lipinski definition) is 2. The zero-order valence-corrected chi connectivity index (χ0v) is 18.1. The molecule has 154 valence electrons. The normalized spacial score (nSPS) is 11.0. The number of ether oxygens (including phenoxy) is 1. The molecule has 6 nitrogen and oxygen atoms in total. The minimum Gasteiger partial charge on any atom is -0.496 e. The van der Waals surface area contributed by atoms with Crippen molar-refractivity contribution < 1.29 is 14.3 Å². The van der Waals surface area contributed by atoms with Crippen molar-refractivity contribution >= 4 is 35.3 Å². The molecule has 0 fully saturated rings. The highest BCUT2D eigenvalue weighted by Crippen LogP contribution is 2.29. The zero-order chi connectivity index (χ0) is 21.6. The molecule has 0 unspecified atom stereocenters. The fourth-order valence-electron chi connectivity index (χ4n) is 2.72. The van der Waals surface area contributed by atoms with Crippen molar-refractivity contribution in [1.29, 1.82) is 0 Å². The third-order valence-corrected chi connectivity index (χ3v) is 4.82. The number of carbonyl (C=O) groups is 2. The van der Waals surface area contributed by atoms with Gasteiger partial charge in [-0.1, -0.05) is 31.5 Å². The summed E-state index contributed by atoms with van der Waals surface area (Å²) in [4.78, 5) is 24.0. The number of carbonyl (C=O) groups excluding carboxylic acids is 2. The largest absolute Gasteiger partial charge is 0.496 e. The second-order valence-electron chi connectivity index (χ2n) is 7.09. The van der Waals surface area contributed by atoms with Gasteiger partial charge in [-0.15, -0.1) is 0 Å². The number of aryl methyl sites for hydroxylation is 2. The van der Waals surface area contributed by atoms with Crippen LogP contribution in [0.15, 0.2) is 35.4 Å². The van der Waals surface area contributed by atoms with Gasteiger partial charge in [0.05, 0.1) is 13.3 Å². The van der Waals surface area contributed by atoms with Gasteiger partial charge >= 0.3 is 0 Å². The van der Waals surface area contributed by atoms with Crippen molar-refractivity contribution in [3.63, 3.8) is 0 Å². The highest BCUT2D eigenvalue weighted by Gasteiger charge is 2.12. The zero-order valence-electron chi connectivity index (χ0n) is 17.3. The molecular weight excluding hydrogens is 390 g/mol. The Morgan fingerprint density at radius 1 is 1.14 bits per heavy atom. The van der Waals surface area contributed by atoms with Crippen LogP contribution in [0.4, 0.5) is 5.69 Å². The number of rotatable bonds is 7. The Kier molecular flexibility index (Phi) is 7.79. The van der Waals surface area contributed by atoms with Crippen LogP contribution in [0.25, 0.3) is 0 Å². The molecule has 7 heteroatoms. The highest BCUT2D eigenvalue weighted by atomic mass is 35.5. The van der Waals surface area contributed by atoms with Gasteiger partial charge in [-0.2, -0.15) is 5.10 Å². The molecular formula is C22H26ClN3O3. The summed E-state index contributed by atoms with van der Waals surface area (Å²) in [6.07, 6.45) is 1.22. The van der Waals surface area contributed by atoms with E-state index in [4.69, 9.17) is 16.3 Å². The summed E-state index contributed by atoms with van der Waals surface area (Å²) in [5.74, 6) is 0.158. The van der Waals surface area contributed by atoms with E-state index in [1.54, 1.807) is 31.5 Å². The summed E-state index contributed by atoms with van der Waals surface area (Å²) >= 11 is 6.03. The first kappa shape index (κ1) is 22.4. The average molecular weight is 416 g/mol. The van der Waals surface area contributed by atoms with Gasteiger partial charge in [0, 0.05) is 10.7 Å². The van der Waals surface area contributed by atoms with Gasteiger partial charge in [-0.05, 0) is 66.3 Å². The minimum absolute atomic E-state index is 0.284. The van der Waals surface area contributed by atoms with E-state index < -0.39 is 11.8 Å². The van der Waals surface area contributed by atoms with E-state index in [0.717, 1.165) is 28.0 Å². The Morgan fingerprint density at radius 2 is 1.86 bits per heavy atom. The average Bonchev–Trinajstić information content (AvgIpc) is 2.65. The van der Waals surface area contributed by atoms with Crippen LogP contribution in [0.5, 0.6) is 5.75 Å². The lowest BCUT2D eigenvalue weighted by atomic mass is 9.97. The molecule has 2 N–H and O–H groups in total. The summed E-state index contributed by atoms with van der Waals surface area (Å²) in [6, 6.07) is 9.10. The molecule has 29 heavy (non-hydrogen) atoms. The van der Waals surface area contributed by atoms with Crippen LogP contribution in [0.3, 0.4) is 0 Å². The molecule has 0 saturated heterocycles. The van der Waals surface area contributed by atoms with E-state index >= 15 is 0 Å². The molecule has 0 saturated carbocycles. The molecule has 0 atom stereocenters. The van der Waals surface area contributed by atoms with Gasteiger partial charge in [0.1, 0.15) is 12.2 Å². The van der Waals surface area contributed by atoms with Gasteiger partial charge in [-0.25, -0.2) is 5.43 Å². The third-order valence-electron chi connectivity index (χ3n) is 4.41. The number of benzene rings is 2. The highest BCUT2D eigenvalue weighted by molar-refractivity contribution is 6.31. The van der Waals surface area contributed by atoms with Crippen LogP contribution >= 0.6 is 11.6 Å². The molecule has 2 aromatic rings. The fraction of sp³-hybridized carbons (Fsp3) is 0.318. The first-order chi connectivity index (χ1) is 13.7. The predicted molar refractivity (Wildman–Crippen MR) is 117 cm³/mol. The van der Waals surface area contributed by atoms with Crippen molar-refractivity contribution in [1.82, 2.24) is 5.43 Å². The Balaban J connectivity index is 1.96. The molecule has 0 spiro atoms. The van der Waals surface area contributed by atoms with Crippen LogP contribution in [0, 0.1) is 13.8 Å². The smallest absolute Gasteiger partial charge is 0.249 e. The number of methoxy groups -OCH3 is 1. The second kappa shape index (κ2) is 10.1. The number of halogens is 1. The lowest BCUT2D eigenvalue weighted by Gasteiger charge is -2.14. The fourth-order valence-corrected chi connectivity index (χ4v) is 2.90. The number of nitrogens with one attached hydrogen (secondary N) is 2. The van der Waals surface area contributed by atoms with E-state index in [-0.39, 0.29) is 12.3 Å². The number of anilines is 1. The van der Waals surface area contributed by atoms with E-state index in [1.807, 2.05) is 26.0 Å². The van der Waals surface area contributed by atoms with Crippen molar-refractivity contribution in [2.75, 3.05) is 12.4 Å². The predicted octanol–water partition coefficient (Wildman–Crippen LogP) is 4.57. The molecule has 0 aromatic heterocycles. The number of nitrogens with zero attached hydrogens (tertiary/aromatic N) is 1. The summed E-state index contributed by atoms with van der Waals surface area (Å²) in [5, 5.41) is 7.17. The quantitative estimate of drug-likeness (QED) is 0.395. The Morgan fingerprint density at radius 3 is 2.48 bits per heavy atom. The standard InChI is InChI=1S/C22H26ClN3O3/c1-13(2)18-9-16(15(4)8-20(18)29-5)12-24-26-22(28)11-21(27)25-17-7-6-14(3)19(23)10-17/h6-10,12-13H,11H2,1-5H3,(H,25,27)(H,26,28). The number of hydrogen-bond acceptors (Lipinski definition) is 4. The molecule has 0 heterocycles. The maximum atomic E-state index is 12.0. The first-order valence-electron chi connectivity index (χ1n) is 9.27. The number of amides is 2. The van der Waals surface area contributed by atoms with E-state index in [0.29, 0.717) is 10.7 Å². The van der Waals surface area contributed by atoms with Crippen LogP contribution in [-0.2, 0) is 9.59 Å². The van der Waals surface area contributed by atoms with Crippen LogP contribution < -0.4 is 15.5 Å². The SMILES string of the molecule is COc1cc(C)c(C=NNC(=O)CC(=O)Nc2ccc(C)c(Cl)c2)cc1C(C)C. The Labute approximate surface area is 176 Å². The molecule has 2 rings (SSSR count). The molecule has 2 amide bonds. The molecule has 0 aliphatic heterocycles. The topological polar surface area (TPSA) is 79.8 Å². The van der Waals surface area contributed by atoms with Gasteiger partial charge in [0.25, 0.3) is 0 Å². The molecule has 0 bridgehead atoms. The molecule has 0 radical (unpaired) electrons. The lowest BCUT2D eigenvalue weighted by Crippen LogP contribution is -2.24.